The van der Waals surface area contributed by atoms with Crippen LogP contribution in [0.5, 0.6) is 0 Å². The third-order valence-electron chi connectivity index (χ3n) is 2.06. The molecule has 0 saturated carbocycles. The van der Waals surface area contributed by atoms with E-state index in [9.17, 15) is 4.79 Å². The van der Waals surface area contributed by atoms with Crippen LogP contribution in [0.1, 0.15) is 23.2 Å². The van der Waals surface area contributed by atoms with E-state index < -0.39 is 0 Å². The van der Waals surface area contributed by atoms with Crippen LogP contribution in [0.2, 0.25) is 10.0 Å². The van der Waals surface area contributed by atoms with E-state index in [4.69, 9.17) is 28.3 Å². The molecule has 0 unspecified atom stereocenters. The van der Waals surface area contributed by atoms with Gasteiger partial charge in [0.2, 0.25) is 0 Å². The molecular formula is C11H13Cl2NO2. The molecule has 1 rings (SSSR count). The Hall–Kier alpha value is -0.770. The molecule has 0 aromatic heterocycles. The van der Waals surface area contributed by atoms with Crippen LogP contribution in [0.25, 0.3) is 0 Å². The molecular weight excluding hydrogens is 249 g/mol. The average molecular weight is 262 g/mol. The van der Waals surface area contributed by atoms with Crippen molar-refractivity contribution in [3.63, 3.8) is 0 Å². The van der Waals surface area contributed by atoms with E-state index in [1.165, 1.54) is 0 Å². The minimum Gasteiger partial charge on any atom is -0.396 e. The van der Waals surface area contributed by atoms with Gasteiger partial charge >= 0.3 is 0 Å². The number of aliphatic hydroxyl groups is 1. The summed E-state index contributed by atoms with van der Waals surface area (Å²) in [6.07, 6.45) is 1.39. The number of carbonyl (C=O) groups is 1. The Labute approximate surface area is 104 Å². The van der Waals surface area contributed by atoms with Gasteiger partial charge in [-0.2, -0.15) is 0 Å². The van der Waals surface area contributed by atoms with Gasteiger partial charge in [-0.15, -0.1) is 0 Å². The van der Waals surface area contributed by atoms with E-state index in [0.29, 0.717) is 28.6 Å². The van der Waals surface area contributed by atoms with Crippen LogP contribution < -0.4 is 5.32 Å². The topological polar surface area (TPSA) is 49.3 Å². The largest absolute Gasteiger partial charge is 0.396 e. The van der Waals surface area contributed by atoms with Gasteiger partial charge in [0.25, 0.3) is 5.91 Å². The van der Waals surface area contributed by atoms with Crippen LogP contribution in [0.15, 0.2) is 18.2 Å². The van der Waals surface area contributed by atoms with E-state index in [1.807, 2.05) is 0 Å². The lowest BCUT2D eigenvalue weighted by atomic mass is 10.2. The first kappa shape index (κ1) is 13.3. The second-order valence-electron chi connectivity index (χ2n) is 3.28. The number of hydrogen-bond acceptors (Lipinski definition) is 2. The Bertz CT molecular complexity index is 349. The summed E-state index contributed by atoms with van der Waals surface area (Å²) in [4.78, 5) is 11.7. The summed E-state index contributed by atoms with van der Waals surface area (Å²) in [6.45, 7) is 0.629. The van der Waals surface area contributed by atoms with Crippen LogP contribution in [0, 0.1) is 0 Å². The van der Waals surface area contributed by atoms with Gasteiger partial charge in [-0.25, -0.2) is 0 Å². The Morgan fingerprint density at radius 2 is 1.88 bits per heavy atom. The highest BCUT2D eigenvalue weighted by atomic mass is 35.5. The van der Waals surface area contributed by atoms with Gasteiger partial charge in [-0.3, -0.25) is 4.79 Å². The quantitative estimate of drug-likeness (QED) is 0.801. The molecule has 0 spiro atoms. The van der Waals surface area contributed by atoms with Gasteiger partial charge in [0.1, 0.15) is 0 Å². The predicted octanol–water partition coefficient (Wildman–Crippen LogP) is 2.50. The average Bonchev–Trinajstić information content (AvgIpc) is 2.24. The van der Waals surface area contributed by atoms with Crippen LogP contribution in [-0.4, -0.2) is 24.2 Å². The number of nitrogens with one attached hydrogen (secondary N) is 1. The Morgan fingerprint density at radius 1 is 1.25 bits per heavy atom. The first-order chi connectivity index (χ1) is 7.66. The summed E-state index contributed by atoms with van der Waals surface area (Å²) in [7, 11) is 0. The third-order valence-corrected chi connectivity index (χ3v) is 2.69. The number of halogens is 2. The fraction of sp³-hybridized carbons (Fsp3) is 0.364. The minimum atomic E-state index is -0.284. The molecule has 0 saturated heterocycles. The molecule has 88 valence electrons. The van der Waals surface area contributed by atoms with E-state index >= 15 is 0 Å². The van der Waals surface area contributed by atoms with E-state index in [0.717, 1.165) is 6.42 Å². The zero-order valence-electron chi connectivity index (χ0n) is 8.67. The van der Waals surface area contributed by atoms with Gasteiger partial charge in [0.05, 0.1) is 15.6 Å². The lowest BCUT2D eigenvalue weighted by Gasteiger charge is -2.07. The van der Waals surface area contributed by atoms with Crippen LogP contribution >= 0.6 is 23.2 Å². The van der Waals surface area contributed by atoms with Crippen LogP contribution in [0.4, 0.5) is 0 Å². The van der Waals surface area contributed by atoms with Gasteiger partial charge in [-0.05, 0) is 25.0 Å². The van der Waals surface area contributed by atoms with E-state index in [2.05, 4.69) is 5.32 Å². The first-order valence-corrected chi connectivity index (χ1v) is 5.75. The van der Waals surface area contributed by atoms with E-state index in [-0.39, 0.29) is 12.5 Å². The zero-order chi connectivity index (χ0) is 12.0. The summed E-state index contributed by atoms with van der Waals surface area (Å²) < 4.78 is 0. The SMILES string of the molecule is O=C(NCCCCO)c1c(Cl)cccc1Cl. The maximum atomic E-state index is 11.7. The fourth-order valence-electron chi connectivity index (χ4n) is 1.24. The molecule has 1 aromatic carbocycles. The van der Waals surface area contributed by atoms with Gasteiger partial charge in [0.15, 0.2) is 0 Å². The molecule has 0 aliphatic heterocycles. The van der Waals surface area contributed by atoms with Crippen molar-refractivity contribution in [2.75, 3.05) is 13.2 Å². The van der Waals surface area contributed by atoms with Crippen molar-refractivity contribution in [1.29, 1.82) is 0 Å². The van der Waals surface area contributed by atoms with Gasteiger partial charge in [-0.1, -0.05) is 29.3 Å². The second kappa shape index (κ2) is 6.74. The lowest BCUT2D eigenvalue weighted by Crippen LogP contribution is -2.25. The minimum absolute atomic E-state index is 0.128. The summed E-state index contributed by atoms with van der Waals surface area (Å²) >= 11 is 11.8. The maximum absolute atomic E-state index is 11.7. The van der Waals surface area contributed by atoms with Crippen molar-refractivity contribution in [1.82, 2.24) is 5.32 Å². The Balaban J connectivity index is 2.59. The van der Waals surface area contributed by atoms with Crippen LogP contribution in [-0.2, 0) is 0 Å². The molecule has 0 atom stereocenters. The maximum Gasteiger partial charge on any atom is 0.254 e. The number of unbranched alkanes of at least 4 members (excludes halogenated alkanes) is 1. The third kappa shape index (κ3) is 3.67. The lowest BCUT2D eigenvalue weighted by molar-refractivity contribution is 0.0952. The van der Waals surface area contributed by atoms with Gasteiger partial charge in [0, 0.05) is 13.2 Å². The molecule has 0 fully saturated rings. The fourth-order valence-corrected chi connectivity index (χ4v) is 1.81. The Kier molecular flexibility index (Phi) is 5.60. The molecule has 5 heteroatoms. The molecule has 3 nitrogen and oxygen atoms in total. The molecule has 0 bridgehead atoms. The molecule has 0 aliphatic carbocycles. The molecule has 1 amide bonds. The predicted molar refractivity (Wildman–Crippen MR) is 65.1 cm³/mol. The number of benzene rings is 1. The van der Waals surface area contributed by atoms with Crippen molar-refractivity contribution in [2.24, 2.45) is 0 Å². The summed E-state index contributed by atoms with van der Waals surface area (Å²) in [5, 5.41) is 12.0. The Morgan fingerprint density at radius 3 is 2.44 bits per heavy atom. The second-order valence-corrected chi connectivity index (χ2v) is 4.10. The van der Waals surface area contributed by atoms with Crippen molar-refractivity contribution in [3.05, 3.63) is 33.8 Å². The highest BCUT2D eigenvalue weighted by Crippen LogP contribution is 2.23. The summed E-state index contributed by atoms with van der Waals surface area (Å²) in [5.41, 5.74) is 0.301. The monoisotopic (exact) mass is 261 g/mol. The number of amides is 1. The normalized spacial score (nSPS) is 10.2. The van der Waals surface area contributed by atoms with Crippen LogP contribution in [0.3, 0.4) is 0 Å². The zero-order valence-corrected chi connectivity index (χ0v) is 10.2. The molecule has 1 aromatic rings. The summed E-state index contributed by atoms with van der Waals surface area (Å²) in [6, 6.07) is 4.93. The van der Waals surface area contributed by atoms with Crippen molar-refractivity contribution >= 4 is 29.1 Å². The number of aliphatic hydroxyl groups excluding tert-OH is 1. The van der Waals surface area contributed by atoms with Crippen molar-refractivity contribution < 1.29 is 9.90 Å². The first-order valence-electron chi connectivity index (χ1n) is 5.00. The standard InChI is InChI=1S/C11H13Cl2NO2/c12-8-4-3-5-9(13)10(8)11(16)14-6-1-2-7-15/h3-5,15H,1-2,6-7H2,(H,14,16). The molecule has 0 radical (unpaired) electrons. The number of hydrogen-bond donors (Lipinski definition) is 2. The van der Waals surface area contributed by atoms with Crippen molar-refractivity contribution in [3.8, 4) is 0 Å². The highest BCUT2D eigenvalue weighted by Gasteiger charge is 2.13. The molecule has 2 N–H and O–H groups in total. The summed E-state index contributed by atoms with van der Waals surface area (Å²) in [5.74, 6) is -0.284. The molecule has 0 aliphatic rings. The number of rotatable bonds is 5. The smallest absolute Gasteiger partial charge is 0.254 e. The molecule has 16 heavy (non-hydrogen) atoms. The van der Waals surface area contributed by atoms with E-state index in [1.54, 1.807) is 18.2 Å². The van der Waals surface area contributed by atoms with Crippen molar-refractivity contribution in [2.45, 2.75) is 12.8 Å². The van der Waals surface area contributed by atoms with Gasteiger partial charge < -0.3 is 10.4 Å². The highest BCUT2D eigenvalue weighted by molar-refractivity contribution is 6.39. The molecule has 0 heterocycles. The number of carbonyl (C=O) groups excluding carboxylic acids is 1.